The molecule has 0 radical (unpaired) electrons. The van der Waals surface area contributed by atoms with Crippen LogP contribution >= 0.6 is 0 Å². The standard InChI is InChI=1S/C18H19N3O4/c1-3-25-18(22)16(12-14-7-5-4-6-8-14)20-19-15-9-10-17(21(23)24)13(2)11-15/h4-11,19H,3,12H2,1-2H3/b20-16-. The van der Waals surface area contributed by atoms with Crippen LogP contribution in [0.15, 0.2) is 53.6 Å². The first kappa shape index (κ1) is 18.1. The minimum atomic E-state index is -0.502. The third kappa shape index (κ3) is 5.13. The highest BCUT2D eigenvalue weighted by Crippen LogP contribution is 2.21. The molecule has 0 saturated heterocycles. The van der Waals surface area contributed by atoms with E-state index in [1.54, 1.807) is 26.0 Å². The van der Waals surface area contributed by atoms with Crippen molar-refractivity contribution >= 4 is 23.1 Å². The number of rotatable bonds is 7. The summed E-state index contributed by atoms with van der Waals surface area (Å²) in [5, 5.41) is 15.0. The molecule has 2 aromatic carbocycles. The molecule has 1 N–H and O–H groups in total. The largest absolute Gasteiger partial charge is 0.461 e. The fraction of sp³-hybridized carbons (Fsp3) is 0.222. The van der Waals surface area contributed by atoms with Crippen molar-refractivity contribution in [3.05, 3.63) is 69.8 Å². The van der Waals surface area contributed by atoms with Crippen LogP contribution in [0.5, 0.6) is 0 Å². The molecule has 0 fully saturated rings. The van der Waals surface area contributed by atoms with E-state index in [4.69, 9.17) is 4.74 Å². The van der Waals surface area contributed by atoms with Gasteiger partial charge in [0, 0.05) is 18.1 Å². The molecule has 7 nitrogen and oxygen atoms in total. The van der Waals surface area contributed by atoms with Crippen LogP contribution in [0.25, 0.3) is 0 Å². The van der Waals surface area contributed by atoms with Crippen molar-refractivity contribution in [2.45, 2.75) is 20.3 Å². The van der Waals surface area contributed by atoms with Crippen LogP contribution in [0, 0.1) is 17.0 Å². The van der Waals surface area contributed by atoms with Crippen LogP contribution in [0.1, 0.15) is 18.1 Å². The van der Waals surface area contributed by atoms with Gasteiger partial charge >= 0.3 is 5.97 Å². The van der Waals surface area contributed by atoms with Crippen molar-refractivity contribution < 1.29 is 14.5 Å². The molecule has 0 spiro atoms. The second-order valence-corrected chi connectivity index (χ2v) is 5.31. The number of esters is 1. The summed E-state index contributed by atoms with van der Waals surface area (Å²) < 4.78 is 5.04. The first-order valence-corrected chi connectivity index (χ1v) is 7.80. The van der Waals surface area contributed by atoms with Crippen molar-refractivity contribution in [3.8, 4) is 0 Å². The number of ether oxygens (including phenoxy) is 1. The summed E-state index contributed by atoms with van der Waals surface area (Å²) in [5.74, 6) is -0.502. The highest BCUT2D eigenvalue weighted by molar-refractivity contribution is 6.37. The van der Waals surface area contributed by atoms with E-state index in [9.17, 15) is 14.9 Å². The van der Waals surface area contributed by atoms with Gasteiger partial charge in [0.1, 0.15) is 5.71 Å². The predicted molar refractivity (Wildman–Crippen MR) is 95.7 cm³/mol. The summed E-state index contributed by atoms with van der Waals surface area (Å²) in [4.78, 5) is 22.5. The van der Waals surface area contributed by atoms with E-state index in [-0.39, 0.29) is 18.0 Å². The van der Waals surface area contributed by atoms with E-state index in [2.05, 4.69) is 10.5 Å². The Morgan fingerprint density at radius 1 is 1.24 bits per heavy atom. The molecule has 0 unspecified atom stereocenters. The number of hydrogen-bond acceptors (Lipinski definition) is 6. The van der Waals surface area contributed by atoms with Gasteiger partial charge in [-0.15, -0.1) is 0 Å². The average Bonchev–Trinajstić information content (AvgIpc) is 2.59. The Labute approximate surface area is 145 Å². The molecule has 0 heterocycles. The number of nitro groups is 1. The van der Waals surface area contributed by atoms with E-state index >= 15 is 0 Å². The Morgan fingerprint density at radius 3 is 2.56 bits per heavy atom. The van der Waals surface area contributed by atoms with Crippen LogP contribution in [0.3, 0.4) is 0 Å². The molecule has 0 aromatic heterocycles. The van der Waals surface area contributed by atoms with Gasteiger partial charge in [-0.2, -0.15) is 5.10 Å². The van der Waals surface area contributed by atoms with Gasteiger partial charge in [-0.05, 0) is 31.5 Å². The van der Waals surface area contributed by atoms with Crippen molar-refractivity contribution in [1.29, 1.82) is 0 Å². The first-order chi connectivity index (χ1) is 12.0. The molecule has 0 bridgehead atoms. The average molecular weight is 341 g/mol. The summed E-state index contributed by atoms with van der Waals surface area (Å²) in [5.41, 5.74) is 5.02. The molecular formula is C18H19N3O4. The number of benzene rings is 2. The van der Waals surface area contributed by atoms with Crippen molar-refractivity contribution in [3.63, 3.8) is 0 Å². The fourth-order valence-electron chi connectivity index (χ4n) is 2.22. The highest BCUT2D eigenvalue weighted by atomic mass is 16.6. The van der Waals surface area contributed by atoms with Gasteiger partial charge in [-0.25, -0.2) is 4.79 Å². The lowest BCUT2D eigenvalue weighted by Gasteiger charge is -2.08. The number of hydrogen-bond donors (Lipinski definition) is 1. The number of hydrazone groups is 1. The SMILES string of the molecule is CCOC(=O)/C(Cc1ccccc1)=N\Nc1ccc([N+](=O)[O-])c(C)c1. The molecular weight excluding hydrogens is 322 g/mol. The van der Waals surface area contributed by atoms with E-state index < -0.39 is 10.9 Å². The summed E-state index contributed by atoms with van der Waals surface area (Å²) in [6.45, 7) is 3.62. The molecule has 0 aliphatic carbocycles. The van der Waals surface area contributed by atoms with Crippen molar-refractivity contribution in [2.75, 3.05) is 12.0 Å². The van der Waals surface area contributed by atoms with Gasteiger partial charge in [0.25, 0.3) is 5.69 Å². The van der Waals surface area contributed by atoms with Crippen LogP contribution < -0.4 is 5.43 Å². The third-order valence-electron chi connectivity index (χ3n) is 3.44. The zero-order valence-corrected chi connectivity index (χ0v) is 14.1. The van der Waals surface area contributed by atoms with Crippen LogP contribution in [-0.2, 0) is 16.0 Å². The summed E-state index contributed by atoms with van der Waals surface area (Å²) >= 11 is 0. The minimum Gasteiger partial charge on any atom is -0.461 e. The number of nitro benzene ring substituents is 1. The lowest BCUT2D eigenvalue weighted by atomic mass is 10.1. The van der Waals surface area contributed by atoms with Crippen LogP contribution in [0.2, 0.25) is 0 Å². The molecule has 130 valence electrons. The van der Waals surface area contributed by atoms with Gasteiger partial charge in [0.15, 0.2) is 0 Å². The Hall–Kier alpha value is -3.22. The van der Waals surface area contributed by atoms with E-state index in [0.717, 1.165) is 5.56 Å². The van der Waals surface area contributed by atoms with E-state index in [0.29, 0.717) is 17.7 Å². The van der Waals surface area contributed by atoms with E-state index in [1.165, 1.54) is 6.07 Å². The van der Waals surface area contributed by atoms with Gasteiger partial charge in [0.05, 0.1) is 17.2 Å². The topological polar surface area (TPSA) is 93.8 Å². The second kappa shape index (κ2) is 8.58. The monoisotopic (exact) mass is 341 g/mol. The number of nitrogens with one attached hydrogen (secondary N) is 1. The molecule has 0 amide bonds. The summed E-state index contributed by atoms with van der Waals surface area (Å²) in [7, 11) is 0. The van der Waals surface area contributed by atoms with Crippen molar-refractivity contribution in [1.82, 2.24) is 0 Å². The highest BCUT2D eigenvalue weighted by Gasteiger charge is 2.14. The lowest BCUT2D eigenvalue weighted by Crippen LogP contribution is -2.21. The molecule has 0 atom stereocenters. The van der Waals surface area contributed by atoms with Crippen molar-refractivity contribution in [2.24, 2.45) is 5.10 Å². The van der Waals surface area contributed by atoms with Gasteiger partial charge in [-0.1, -0.05) is 30.3 Å². The normalized spacial score (nSPS) is 11.0. The molecule has 0 saturated carbocycles. The number of aryl methyl sites for hydroxylation is 1. The van der Waals surface area contributed by atoms with Gasteiger partial charge < -0.3 is 4.74 Å². The molecule has 0 aliphatic heterocycles. The zero-order valence-electron chi connectivity index (χ0n) is 14.1. The zero-order chi connectivity index (χ0) is 18.2. The van der Waals surface area contributed by atoms with Gasteiger partial charge in [-0.3, -0.25) is 15.5 Å². The third-order valence-corrected chi connectivity index (χ3v) is 3.44. The molecule has 25 heavy (non-hydrogen) atoms. The fourth-order valence-corrected chi connectivity index (χ4v) is 2.22. The number of carbonyl (C=O) groups is 1. The Kier molecular flexibility index (Phi) is 6.22. The lowest BCUT2D eigenvalue weighted by molar-refractivity contribution is -0.385. The molecule has 7 heteroatoms. The predicted octanol–water partition coefficient (Wildman–Crippen LogP) is 3.48. The molecule has 0 aliphatic rings. The quantitative estimate of drug-likeness (QED) is 0.360. The Morgan fingerprint density at radius 2 is 1.96 bits per heavy atom. The van der Waals surface area contributed by atoms with E-state index in [1.807, 2.05) is 30.3 Å². The minimum absolute atomic E-state index is 0.0319. The Balaban J connectivity index is 2.20. The second-order valence-electron chi connectivity index (χ2n) is 5.31. The van der Waals surface area contributed by atoms with Gasteiger partial charge in [0.2, 0.25) is 0 Å². The first-order valence-electron chi connectivity index (χ1n) is 7.80. The number of carbonyl (C=O) groups excluding carboxylic acids is 1. The Bertz CT molecular complexity index is 788. The number of anilines is 1. The van der Waals surface area contributed by atoms with Crippen LogP contribution in [0.4, 0.5) is 11.4 Å². The molecule has 2 aromatic rings. The van der Waals surface area contributed by atoms with Crippen LogP contribution in [-0.4, -0.2) is 23.2 Å². The summed E-state index contributed by atoms with van der Waals surface area (Å²) in [6.07, 6.45) is 0.318. The number of nitrogens with zero attached hydrogens (tertiary/aromatic N) is 2. The maximum absolute atomic E-state index is 12.1. The smallest absolute Gasteiger partial charge is 0.354 e. The maximum atomic E-state index is 12.1. The molecule has 2 rings (SSSR count). The maximum Gasteiger partial charge on any atom is 0.354 e. The summed E-state index contributed by atoms with van der Waals surface area (Å²) in [6, 6.07) is 14.0.